The van der Waals surface area contributed by atoms with E-state index in [0.717, 1.165) is 24.3 Å². The van der Waals surface area contributed by atoms with Crippen LogP contribution in [0.4, 0.5) is 39.5 Å². The lowest BCUT2D eigenvalue weighted by atomic mass is 9.93. The van der Waals surface area contributed by atoms with Gasteiger partial charge in [-0.05, 0) is 24.3 Å². The average Bonchev–Trinajstić information content (AvgIpc) is 2.81. The Morgan fingerprint density at radius 1 is 0.611 bits per heavy atom. The van der Waals surface area contributed by atoms with Crippen LogP contribution >= 0.6 is 0 Å². The van der Waals surface area contributed by atoms with Crippen molar-refractivity contribution in [3.8, 4) is 34.8 Å². The molecule has 3 rings (SSSR count). The number of nitrogens with zero attached hydrogens (tertiary/aromatic N) is 1. The minimum Gasteiger partial charge on any atom is -0.497 e. The number of hydrogen-bond donors (Lipinski definition) is 0. The molecule has 0 unspecified atom stereocenters. The number of hydrogen-bond acceptors (Lipinski definition) is 5. The molecule has 0 amide bonds. The lowest BCUT2D eigenvalue weighted by molar-refractivity contribution is -0.350. The molecule has 0 saturated carbocycles. The molecule has 3 aromatic rings. The molecular weight excluding hydrogens is 513 g/mol. The van der Waals surface area contributed by atoms with Gasteiger partial charge in [-0.3, -0.25) is 0 Å². The van der Waals surface area contributed by atoms with Gasteiger partial charge in [0, 0.05) is 12.1 Å². The van der Waals surface area contributed by atoms with Crippen LogP contribution in [-0.2, 0) is 5.67 Å². The Kier molecular flexibility index (Phi) is 7.18. The van der Waals surface area contributed by atoms with E-state index >= 15 is 8.78 Å². The highest BCUT2D eigenvalue weighted by molar-refractivity contribution is 5.44. The Morgan fingerprint density at radius 2 is 0.972 bits per heavy atom. The van der Waals surface area contributed by atoms with E-state index in [0.29, 0.717) is 0 Å². The van der Waals surface area contributed by atoms with E-state index in [-0.39, 0.29) is 11.5 Å². The van der Waals surface area contributed by atoms with E-state index in [1.165, 1.54) is 38.5 Å². The maximum Gasteiger partial charge on any atom is 0.436 e. The second-order valence-corrected chi connectivity index (χ2v) is 6.94. The van der Waals surface area contributed by atoms with Crippen molar-refractivity contribution in [1.82, 2.24) is 4.98 Å². The normalized spacial score (nSPS) is 12.3. The first-order chi connectivity index (χ1) is 16.7. The van der Waals surface area contributed by atoms with E-state index in [2.05, 4.69) is 4.98 Å². The maximum absolute atomic E-state index is 15.0. The third-order valence-electron chi connectivity index (χ3n) is 4.65. The zero-order valence-corrected chi connectivity index (χ0v) is 18.1. The monoisotopic (exact) mass is 527 g/mol. The van der Waals surface area contributed by atoms with Crippen molar-refractivity contribution in [2.75, 3.05) is 14.2 Å². The maximum atomic E-state index is 15.0. The van der Waals surface area contributed by atoms with Gasteiger partial charge in [-0.15, -0.1) is 0 Å². The van der Waals surface area contributed by atoms with Gasteiger partial charge in [0.2, 0.25) is 0 Å². The molecule has 0 aliphatic carbocycles. The van der Waals surface area contributed by atoms with Gasteiger partial charge in [-0.25, -0.2) is 13.2 Å². The van der Waals surface area contributed by atoms with Crippen LogP contribution in [0.3, 0.4) is 0 Å². The SMILES string of the molecule is COc1cccc(Oc2nc(Oc3cccc(OC)c3)c(F)c(C(F)(C(F)(F)F)C(F)(F)F)c2F)c1. The summed E-state index contributed by atoms with van der Waals surface area (Å²) in [4.78, 5) is 3.23. The zero-order valence-electron chi connectivity index (χ0n) is 18.1. The lowest BCUT2D eigenvalue weighted by Crippen LogP contribution is -2.51. The van der Waals surface area contributed by atoms with Crippen LogP contribution in [0, 0.1) is 11.6 Å². The number of aromatic nitrogens is 1. The Bertz CT molecular complexity index is 1160. The number of methoxy groups -OCH3 is 2. The summed E-state index contributed by atoms with van der Waals surface area (Å²) in [5.41, 5.74) is -9.55. The average molecular weight is 527 g/mol. The zero-order chi connectivity index (χ0) is 26.9. The summed E-state index contributed by atoms with van der Waals surface area (Å²) in [6.45, 7) is 0. The summed E-state index contributed by atoms with van der Waals surface area (Å²) in [5.74, 6) is -9.25. The van der Waals surface area contributed by atoms with Gasteiger partial charge in [-0.1, -0.05) is 12.1 Å². The van der Waals surface area contributed by atoms with Crippen molar-refractivity contribution in [1.29, 1.82) is 0 Å². The fraction of sp³-hybridized carbons (Fsp3) is 0.227. The fourth-order valence-electron chi connectivity index (χ4n) is 2.94. The summed E-state index contributed by atoms with van der Waals surface area (Å²) < 4.78 is 145. The highest BCUT2D eigenvalue weighted by Gasteiger charge is 2.76. The van der Waals surface area contributed by atoms with Crippen LogP contribution in [0.25, 0.3) is 0 Å². The molecule has 14 heteroatoms. The van der Waals surface area contributed by atoms with Gasteiger partial charge in [0.05, 0.1) is 19.8 Å². The van der Waals surface area contributed by atoms with Crippen molar-refractivity contribution < 1.29 is 58.5 Å². The van der Waals surface area contributed by atoms with Crippen LogP contribution in [0.15, 0.2) is 48.5 Å². The number of benzene rings is 2. The molecule has 1 heterocycles. The van der Waals surface area contributed by atoms with E-state index in [9.17, 15) is 30.7 Å². The van der Waals surface area contributed by atoms with Crippen molar-refractivity contribution in [2.24, 2.45) is 0 Å². The van der Waals surface area contributed by atoms with Gasteiger partial charge in [0.15, 0.2) is 11.6 Å². The second kappa shape index (κ2) is 9.66. The van der Waals surface area contributed by atoms with Crippen molar-refractivity contribution in [2.45, 2.75) is 18.0 Å². The molecule has 5 nitrogen and oxygen atoms in total. The summed E-state index contributed by atoms with van der Waals surface area (Å²) >= 11 is 0. The summed E-state index contributed by atoms with van der Waals surface area (Å²) in [7, 11) is 2.44. The highest BCUT2D eigenvalue weighted by atomic mass is 19.4. The fourth-order valence-corrected chi connectivity index (χ4v) is 2.94. The number of alkyl halides is 7. The molecule has 1 aromatic heterocycles. The number of pyridine rings is 1. The summed E-state index contributed by atoms with van der Waals surface area (Å²) in [6.07, 6.45) is -13.7. The van der Waals surface area contributed by atoms with Gasteiger partial charge >= 0.3 is 18.0 Å². The predicted octanol–water partition coefficient (Wildman–Crippen LogP) is 7.25. The quantitative estimate of drug-likeness (QED) is 0.303. The molecular formula is C22H14F9NO4. The summed E-state index contributed by atoms with van der Waals surface area (Å²) in [6, 6.07) is 9.63. The Morgan fingerprint density at radius 3 is 1.31 bits per heavy atom. The van der Waals surface area contributed by atoms with Crippen LogP contribution < -0.4 is 18.9 Å². The van der Waals surface area contributed by atoms with E-state index in [4.69, 9.17) is 18.9 Å². The first-order valence-electron chi connectivity index (χ1n) is 9.58. The highest BCUT2D eigenvalue weighted by Crippen LogP contribution is 2.56. The minimum absolute atomic E-state index is 0.0912. The molecule has 0 atom stereocenters. The van der Waals surface area contributed by atoms with E-state index in [1.807, 2.05) is 0 Å². The van der Waals surface area contributed by atoms with E-state index < -0.39 is 58.5 Å². The number of ether oxygens (including phenoxy) is 4. The number of rotatable bonds is 7. The molecule has 0 fully saturated rings. The predicted molar refractivity (Wildman–Crippen MR) is 105 cm³/mol. The van der Waals surface area contributed by atoms with Crippen molar-refractivity contribution >= 4 is 0 Å². The second-order valence-electron chi connectivity index (χ2n) is 6.94. The van der Waals surface area contributed by atoms with Crippen LogP contribution in [0.1, 0.15) is 5.56 Å². The molecule has 0 aliphatic heterocycles. The molecule has 0 N–H and O–H groups in total. The first-order valence-corrected chi connectivity index (χ1v) is 9.58. The topological polar surface area (TPSA) is 49.8 Å². The smallest absolute Gasteiger partial charge is 0.436 e. The Hall–Kier alpha value is -3.84. The molecule has 2 aromatic carbocycles. The molecule has 0 saturated heterocycles. The van der Waals surface area contributed by atoms with Crippen molar-refractivity contribution in [3.63, 3.8) is 0 Å². The minimum atomic E-state index is -6.84. The summed E-state index contributed by atoms with van der Waals surface area (Å²) in [5, 5.41) is 0. The standard InChI is InChI=1S/C22H14F9NO4/c1-33-11-5-3-7-13(9-11)35-18-16(23)15(20(25,21(26,27)28)22(29,30)31)17(24)19(32-18)36-14-8-4-6-12(10-14)34-2/h3-10H,1-2H3. The van der Waals surface area contributed by atoms with Gasteiger partial charge in [0.25, 0.3) is 11.8 Å². The number of halogens is 9. The van der Waals surface area contributed by atoms with Gasteiger partial charge in [-0.2, -0.15) is 31.3 Å². The van der Waals surface area contributed by atoms with Gasteiger partial charge < -0.3 is 18.9 Å². The molecule has 36 heavy (non-hydrogen) atoms. The van der Waals surface area contributed by atoms with Crippen LogP contribution in [-0.4, -0.2) is 31.6 Å². The molecule has 0 radical (unpaired) electrons. The van der Waals surface area contributed by atoms with Crippen LogP contribution in [0.5, 0.6) is 34.8 Å². The van der Waals surface area contributed by atoms with Gasteiger partial charge in [0.1, 0.15) is 23.0 Å². The Balaban J connectivity index is 2.28. The molecule has 194 valence electrons. The lowest BCUT2D eigenvalue weighted by Gasteiger charge is -2.31. The molecule has 0 aliphatic rings. The third kappa shape index (κ3) is 4.93. The Labute approximate surface area is 197 Å². The molecule has 0 spiro atoms. The first kappa shape index (κ1) is 26.8. The van der Waals surface area contributed by atoms with E-state index in [1.54, 1.807) is 0 Å². The van der Waals surface area contributed by atoms with Crippen LogP contribution in [0.2, 0.25) is 0 Å². The molecule has 0 bridgehead atoms. The third-order valence-corrected chi connectivity index (χ3v) is 4.65. The largest absolute Gasteiger partial charge is 0.497 e. The van der Waals surface area contributed by atoms with Crippen molar-refractivity contribution in [3.05, 3.63) is 65.7 Å².